The van der Waals surface area contributed by atoms with E-state index in [-0.39, 0.29) is 6.61 Å². The predicted molar refractivity (Wildman–Crippen MR) is 59.3 cm³/mol. The van der Waals surface area contributed by atoms with Crippen molar-refractivity contribution in [3.63, 3.8) is 0 Å². The van der Waals surface area contributed by atoms with Gasteiger partial charge in [-0.1, -0.05) is 11.6 Å². The Kier molecular flexibility index (Phi) is 7.41. The monoisotopic (exact) mass is 231 g/mol. The Labute approximate surface area is 94.6 Å². The second-order valence-electron chi connectivity index (χ2n) is 3.54. The number of primary amides is 1. The first kappa shape index (κ1) is 14.8. The fourth-order valence-electron chi connectivity index (χ4n) is 1.13. The van der Waals surface area contributed by atoms with Crippen LogP contribution in [-0.4, -0.2) is 30.6 Å². The van der Waals surface area contributed by atoms with E-state index in [2.05, 4.69) is 0 Å². The van der Waals surface area contributed by atoms with E-state index < -0.39 is 12.3 Å². The van der Waals surface area contributed by atoms with Gasteiger partial charge in [0.05, 0.1) is 6.61 Å². The van der Waals surface area contributed by atoms with Crippen molar-refractivity contribution in [1.82, 2.24) is 0 Å². The lowest BCUT2D eigenvalue weighted by atomic mass is 10.1. The molecule has 0 radical (unpaired) electrons. The molecule has 0 spiro atoms. The van der Waals surface area contributed by atoms with Crippen LogP contribution in [0.5, 0.6) is 0 Å². The molecular weight excluding hydrogens is 213 g/mol. The predicted octanol–water partition coefficient (Wildman–Crippen LogP) is 1.06. The van der Waals surface area contributed by atoms with Crippen LogP contribution in [0, 0.1) is 0 Å². The highest BCUT2D eigenvalue weighted by Crippen LogP contribution is 2.07. The molecule has 0 heterocycles. The number of nitrogens with two attached hydrogens (primary N) is 1. The van der Waals surface area contributed by atoms with Crippen LogP contribution in [0.4, 0.5) is 4.39 Å². The van der Waals surface area contributed by atoms with Crippen LogP contribution in [0.2, 0.25) is 0 Å². The lowest BCUT2D eigenvalue weighted by Crippen LogP contribution is -2.18. The number of ether oxygens (including phenoxy) is 1. The number of allylic oxidation sites excluding steroid dienone is 2. The number of hydrogen-bond acceptors (Lipinski definition) is 3. The van der Waals surface area contributed by atoms with Crippen molar-refractivity contribution in [2.45, 2.75) is 26.6 Å². The van der Waals surface area contributed by atoms with Crippen molar-refractivity contribution in [3.05, 3.63) is 23.3 Å². The van der Waals surface area contributed by atoms with Crippen LogP contribution >= 0.6 is 0 Å². The van der Waals surface area contributed by atoms with E-state index in [1.54, 1.807) is 13.0 Å². The van der Waals surface area contributed by atoms with E-state index in [1.807, 2.05) is 6.92 Å². The molecule has 4 nitrogen and oxygen atoms in total. The number of carbonyl (C=O) groups is 1. The normalized spacial score (nSPS) is 15.0. The lowest BCUT2D eigenvalue weighted by Gasteiger charge is -2.03. The summed E-state index contributed by atoms with van der Waals surface area (Å²) in [6.45, 7) is 3.84. The van der Waals surface area contributed by atoms with Gasteiger partial charge in [-0.05, 0) is 31.9 Å². The summed E-state index contributed by atoms with van der Waals surface area (Å²) in [5.41, 5.74) is 6.50. The quantitative estimate of drug-likeness (QED) is 0.508. The Bertz CT molecular complexity index is 285. The van der Waals surface area contributed by atoms with Gasteiger partial charge in [0.25, 0.3) is 0 Å². The van der Waals surface area contributed by atoms with Crippen LogP contribution < -0.4 is 5.73 Å². The second-order valence-corrected chi connectivity index (χ2v) is 3.54. The summed E-state index contributed by atoms with van der Waals surface area (Å²) in [4.78, 5) is 10.3. The SMILES string of the molecule is CC(=C/C(O)F)/C=C(\C)CCOCC(N)=O. The molecule has 92 valence electrons. The lowest BCUT2D eigenvalue weighted by molar-refractivity contribution is -0.122. The third-order valence-electron chi connectivity index (χ3n) is 1.76. The summed E-state index contributed by atoms with van der Waals surface area (Å²) in [7, 11) is 0. The summed E-state index contributed by atoms with van der Waals surface area (Å²) in [6.07, 6.45) is 1.54. The topological polar surface area (TPSA) is 72.6 Å². The van der Waals surface area contributed by atoms with Gasteiger partial charge >= 0.3 is 0 Å². The van der Waals surface area contributed by atoms with Gasteiger partial charge in [-0.15, -0.1) is 0 Å². The molecule has 1 atom stereocenters. The van der Waals surface area contributed by atoms with Crippen LogP contribution in [0.1, 0.15) is 20.3 Å². The maximum absolute atomic E-state index is 12.2. The summed E-state index contributed by atoms with van der Waals surface area (Å²) < 4.78 is 17.1. The van der Waals surface area contributed by atoms with Crippen molar-refractivity contribution in [2.75, 3.05) is 13.2 Å². The van der Waals surface area contributed by atoms with Crippen LogP contribution in [0.25, 0.3) is 0 Å². The van der Waals surface area contributed by atoms with Crippen molar-refractivity contribution >= 4 is 5.91 Å². The molecule has 0 bridgehead atoms. The molecule has 0 aromatic carbocycles. The van der Waals surface area contributed by atoms with Gasteiger partial charge in [0, 0.05) is 0 Å². The first-order valence-electron chi connectivity index (χ1n) is 4.95. The van der Waals surface area contributed by atoms with Crippen LogP contribution in [-0.2, 0) is 9.53 Å². The highest BCUT2D eigenvalue weighted by Gasteiger charge is 1.97. The maximum atomic E-state index is 12.2. The largest absolute Gasteiger partial charge is 0.371 e. The Morgan fingerprint density at radius 3 is 2.69 bits per heavy atom. The van der Waals surface area contributed by atoms with Gasteiger partial charge in [0.15, 0.2) is 0 Å². The van der Waals surface area contributed by atoms with Crippen LogP contribution in [0.3, 0.4) is 0 Å². The maximum Gasteiger partial charge on any atom is 0.243 e. The minimum absolute atomic E-state index is 0.0920. The van der Waals surface area contributed by atoms with Crippen LogP contribution in [0.15, 0.2) is 23.3 Å². The molecule has 0 aromatic rings. The second kappa shape index (κ2) is 8.01. The fraction of sp³-hybridized carbons (Fsp3) is 0.545. The van der Waals surface area contributed by atoms with Gasteiger partial charge in [-0.25, -0.2) is 4.39 Å². The molecule has 0 saturated carbocycles. The van der Waals surface area contributed by atoms with Crippen molar-refractivity contribution in [2.24, 2.45) is 5.73 Å². The minimum atomic E-state index is -1.94. The number of halogens is 1. The van der Waals surface area contributed by atoms with Crippen molar-refractivity contribution in [3.8, 4) is 0 Å². The Morgan fingerprint density at radius 2 is 2.19 bits per heavy atom. The van der Waals surface area contributed by atoms with Gasteiger partial charge in [0.1, 0.15) is 6.61 Å². The van der Waals surface area contributed by atoms with E-state index in [9.17, 15) is 9.18 Å². The Hall–Kier alpha value is -1.20. The zero-order chi connectivity index (χ0) is 12.6. The molecule has 0 aliphatic carbocycles. The van der Waals surface area contributed by atoms with E-state index >= 15 is 0 Å². The number of carbonyl (C=O) groups excluding carboxylic acids is 1. The Balaban J connectivity index is 3.91. The van der Waals surface area contributed by atoms with Gasteiger partial charge in [-0.3, -0.25) is 4.79 Å². The van der Waals surface area contributed by atoms with Gasteiger partial charge < -0.3 is 15.6 Å². The third-order valence-corrected chi connectivity index (χ3v) is 1.76. The minimum Gasteiger partial charge on any atom is -0.371 e. The molecule has 0 aromatic heterocycles. The average Bonchev–Trinajstić information content (AvgIpc) is 2.10. The molecule has 0 aliphatic heterocycles. The summed E-state index contributed by atoms with van der Waals surface area (Å²) >= 11 is 0. The molecule has 5 heteroatoms. The molecule has 0 fully saturated rings. The van der Waals surface area contributed by atoms with Gasteiger partial charge in [0.2, 0.25) is 12.3 Å². The summed E-state index contributed by atoms with van der Waals surface area (Å²) in [6, 6.07) is 0. The standard InChI is InChI=1S/C11H18FNO3/c1-8(3-4-16-7-11(13)15)5-9(2)6-10(12)14/h5-6,10,14H,3-4,7H2,1-2H3,(H2,13,15)/b8-5+,9-6-. The van der Waals surface area contributed by atoms with E-state index in [1.165, 1.54) is 0 Å². The molecule has 1 unspecified atom stereocenters. The van der Waals surface area contributed by atoms with Crippen molar-refractivity contribution < 1.29 is 19.0 Å². The molecule has 16 heavy (non-hydrogen) atoms. The van der Waals surface area contributed by atoms with E-state index in [4.69, 9.17) is 15.6 Å². The zero-order valence-corrected chi connectivity index (χ0v) is 9.57. The molecule has 1 amide bonds. The third kappa shape index (κ3) is 9.36. The number of hydrogen-bond donors (Lipinski definition) is 2. The molecule has 0 aliphatic rings. The molecule has 3 N–H and O–H groups in total. The number of amides is 1. The van der Waals surface area contributed by atoms with E-state index in [0.717, 1.165) is 11.6 Å². The zero-order valence-electron chi connectivity index (χ0n) is 9.57. The highest BCUT2D eigenvalue weighted by atomic mass is 19.1. The summed E-state index contributed by atoms with van der Waals surface area (Å²) in [5.74, 6) is -0.502. The van der Waals surface area contributed by atoms with Gasteiger partial charge in [-0.2, -0.15) is 0 Å². The summed E-state index contributed by atoms with van der Waals surface area (Å²) in [5, 5.41) is 8.46. The first-order valence-corrected chi connectivity index (χ1v) is 4.95. The average molecular weight is 231 g/mol. The molecule has 0 rings (SSSR count). The number of aliphatic hydroxyl groups excluding tert-OH is 1. The number of alkyl halides is 1. The Morgan fingerprint density at radius 1 is 1.56 bits per heavy atom. The highest BCUT2D eigenvalue weighted by molar-refractivity contribution is 5.74. The first-order chi connectivity index (χ1) is 7.41. The van der Waals surface area contributed by atoms with Crippen molar-refractivity contribution in [1.29, 1.82) is 0 Å². The molecular formula is C11H18FNO3. The smallest absolute Gasteiger partial charge is 0.243 e. The number of aliphatic hydroxyl groups is 1. The fourth-order valence-corrected chi connectivity index (χ4v) is 1.13. The molecule has 0 saturated heterocycles. The number of rotatable bonds is 7. The van der Waals surface area contributed by atoms with E-state index in [0.29, 0.717) is 18.6 Å².